The SMILES string of the molecule is CC=C(C)C(=O)OCCOC=C(C)C(=O)OC1CCCCC1. The van der Waals surface area contributed by atoms with E-state index in [1.807, 2.05) is 0 Å². The fraction of sp³-hybridized carbons (Fsp3) is 0.647. The molecule has 1 aliphatic carbocycles. The summed E-state index contributed by atoms with van der Waals surface area (Å²) in [6.45, 7) is 5.47. The molecule has 1 saturated carbocycles. The lowest BCUT2D eigenvalue weighted by molar-refractivity contribution is -0.146. The average Bonchev–Trinajstić information content (AvgIpc) is 2.54. The van der Waals surface area contributed by atoms with Crippen molar-refractivity contribution >= 4 is 11.9 Å². The van der Waals surface area contributed by atoms with Gasteiger partial charge < -0.3 is 14.2 Å². The molecule has 0 N–H and O–H groups in total. The molecule has 1 fully saturated rings. The van der Waals surface area contributed by atoms with E-state index < -0.39 is 0 Å². The van der Waals surface area contributed by atoms with Crippen molar-refractivity contribution in [2.45, 2.75) is 59.0 Å². The van der Waals surface area contributed by atoms with Crippen LogP contribution in [0.25, 0.3) is 0 Å². The van der Waals surface area contributed by atoms with Crippen LogP contribution in [0.4, 0.5) is 0 Å². The summed E-state index contributed by atoms with van der Waals surface area (Å²) in [4.78, 5) is 23.2. The van der Waals surface area contributed by atoms with Crippen LogP contribution < -0.4 is 0 Å². The van der Waals surface area contributed by atoms with Gasteiger partial charge in [-0.15, -0.1) is 0 Å². The molecule has 0 unspecified atom stereocenters. The first-order chi connectivity index (χ1) is 10.5. The third kappa shape index (κ3) is 6.78. The fourth-order valence-corrected chi connectivity index (χ4v) is 2.07. The Labute approximate surface area is 132 Å². The van der Waals surface area contributed by atoms with Crippen LogP contribution in [0.3, 0.4) is 0 Å². The lowest BCUT2D eigenvalue weighted by Gasteiger charge is -2.21. The molecule has 0 aromatic rings. The number of hydrogen-bond acceptors (Lipinski definition) is 5. The maximum Gasteiger partial charge on any atom is 0.337 e. The summed E-state index contributed by atoms with van der Waals surface area (Å²) in [7, 11) is 0. The predicted molar refractivity (Wildman–Crippen MR) is 83.1 cm³/mol. The van der Waals surface area contributed by atoms with Crippen LogP contribution in [0.15, 0.2) is 23.5 Å². The van der Waals surface area contributed by atoms with Crippen LogP contribution in [0.5, 0.6) is 0 Å². The Morgan fingerprint density at radius 2 is 1.68 bits per heavy atom. The van der Waals surface area contributed by atoms with Crippen molar-refractivity contribution in [3.05, 3.63) is 23.5 Å². The average molecular weight is 310 g/mol. The van der Waals surface area contributed by atoms with Crippen LogP contribution in [-0.2, 0) is 23.8 Å². The van der Waals surface area contributed by atoms with E-state index in [-0.39, 0.29) is 31.3 Å². The van der Waals surface area contributed by atoms with Crippen molar-refractivity contribution in [2.75, 3.05) is 13.2 Å². The highest BCUT2D eigenvalue weighted by molar-refractivity contribution is 5.88. The molecule has 0 aliphatic heterocycles. The summed E-state index contributed by atoms with van der Waals surface area (Å²) in [5, 5.41) is 0. The summed E-state index contributed by atoms with van der Waals surface area (Å²) < 4.78 is 15.6. The van der Waals surface area contributed by atoms with E-state index in [2.05, 4.69) is 0 Å². The van der Waals surface area contributed by atoms with Gasteiger partial charge in [-0.1, -0.05) is 12.5 Å². The van der Waals surface area contributed by atoms with E-state index in [9.17, 15) is 9.59 Å². The summed E-state index contributed by atoms with van der Waals surface area (Å²) in [6.07, 6.45) is 8.44. The Kier molecular flexibility index (Phi) is 8.33. The Morgan fingerprint density at radius 3 is 2.32 bits per heavy atom. The van der Waals surface area contributed by atoms with Gasteiger partial charge in [0.05, 0.1) is 11.8 Å². The Hall–Kier alpha value is -1.78. The van der Waals surface area contributed by atoms with Gasteiger partial charge in [0.15, 0.2) is 0 Å². The zero-order valence-corrected chi connectivity index (χ0v) is 13.7. The second kappa shape index (κ2) is 10.0. The van der Waals surface area contributed by atoms with Gasteiger partial charge in [0.2, 0.25) is 0 Å². The van der Waals surface area contributed by atoms with Crippen LogP contribution in [0, 0.1) is 0 Å². The van der Waals surface area contributed by atoms with Gasteiger partial charge in [-0.25, -0.2) is 9.59 Å². The first-order valence-corrected chi connectivity index (χ1v) is 7.84. The summed E-state index contributed by atoms with van der Waals surface area (Å²) in [6, 6.07) is 0. The zero-order chi connectivity index (χ0) is 16.4. The molecule has 0 aromatic carbocycles. The number of rotatable bonds is 7. The monoisotopic (exact) mass is 310 g/mol. The smallest absolute Gasteiger partial charge is 0.337 e. The third-order valence-electron chi connectivity index (χ3n) is 3.60. The molecule has 0 saturated heterocycles. The number of carbonyl (C=O) groups is 2. The Morgan fingerprint density at radius 1 is 1.00 bits per heavy atom. The molecule has 1 aliphatic rings. The number of carbonyl (C=O) groups excluding carboxylic acids is 2. The van der Waals surface area contributed by atoms with Crippen LogP contribution in [0.1, 0.15) is 52.9 Å². The minimum Gasteiger partial charge on any atom is -0.497 e. The maximum atomic E-state index is 11.8. The molecule has 1 rings (SSSR count). The van der Waals surface area contributed by atoms with Gasteiger partial charge in [0.1, 0.15) is 19.3 Å². The topological polar surface area (TPSA) is 61.8 Å². The largest absolute Gasteiger partial charge is 0.497 e. The van der Waals surface area contributed by atoms with E-state index in [0.29, 0.717) is 11.1 Å². The van der Waals surface area contributed by atoms with Crippen LogP contribution in [-0.4, -0.2) is 31.3 Å². The fourth-order valence-electron chi connectivity index (χ4n) is 2.07. The summed E-state index contributed by atoms with van der Waals surface area (Å²) >= 11 is 0. The van der Waals surface area contributed by atoms with Gasteiger partial charge in [0.25, 0.3) is 0 Å². The molecule has 5 heteroatoms. The molecule has 5 nitrogen and oxygen atoms in total. The van der Waals surface area contributed by atoms with E-state index in [0.717, 1.165) is 25.7 Å². The summed E-state index contributed by atoms with van der Waals surface area (Å²) in [5.74, 6) is -0.697. The molecule has 0 bridgehead atoms. The normalized spacial score (nSPS) is 17.0. The van der Waals surface area contributed by atoms with Crippen molar-refractivity contribution in [3.8, 4) is 0 Å². The highest BCUT2D eigenvalue weighted by Gasteiger charge is 2.18. The van der Waals surface area contributed by atoms with Crippen molar-refractivity contribution < 1.29 is 23.8 Å². The lowest BCUT2D eigenvalue weighted by Crippen LogP contribution is -2.21. The summed E-state index contributed by atoms with van der Waals surface area (Å²) in [5.41, 5.74) is 0.976. The molecule has 0 heterocycles. The van der Waals surface area contributed by atoms with E-state index in [1.54, 1.807) is 26.8 Å². The molecule has 0 aromatic heterocycles. The molecule has 0 spiro atoms. The van der Waals surface area contributed by atoms with Crippen molar-refractivity contribution in [2.24, 2.45) is 0 Å². The molecule has 0 atom stereocenters. The molecular weight excluding hydrogens is 284 g/mol. The lowest BCUT2D eigenvalue weighted by atomic mass is 9.98. The molecular formula is C17H26O5. The van der Waals surface area contributed by atoms with Gasteiger partial charge in [-0.3, -0.25) is 0 Å². The minimum atomic E-state index is -0.358. The van der Waals surface area contributed by atoms with Crippen LogP contribution >= 0.6 is 0 Å². The zero-order valence-electron chi connectivity index (χ0n) is 13.7. The van der Waals surface area contributed by atoms with Gasteiger partial charge >= 0.3 is 11.9 Å². The standard InChI is InChI=1S/C17H26O5/c1-4-13(2)16(18)21-11-10-20-12-14(3)17(19)22-15-8-6-5-7-9-15/h4,12,15H,5-11H2,1-3H3. The highest BCUT2D eigenvalue weighted by Crippen LogP contribution is 2.21. The van der Waals surface area contributed by atoms with Crippen molar-refractivity contribution in [1.29, 1.82) is 0 Å². The van der Waals surface area contributed by atoms with Gasteiger partial charge in [-0.05, 0) is 46.5 Å². The molecule has 0 amide bonds. The first kappa shape index (κ1) is 18.3. The Bertz CT molecular complexity index is 430. The van der Waals surface area contributed by atoms with Crippen LogP contribution in [0.2, 0.25) is 0 Å². The number of allylic oxidation sites excluding steroid dienone is 1. The predicted octanol–water partition coefficient (Wildman–Crippen LogP) is 3.29. The van der Waals surface area contributed by atoms with E-state index in [4.69, 9.17) is 14.2 Å². The second-order valence-corrected chi connectivity index (χ2v) is 5.44. The molecule has 0 radical (unpaired) electrons. The number of esters is 2. The number of ether oxygens (including phenoxy) is 3. The molecule has 22 heavy (non-hydrogen) atoms. The second-order valence-electron chi connectivity index (χ2n) is 5.44. The molecule has 124 valence electrons. The van der Waals surface area contributed by atoms with Gasteiger partial charge in [0, 0.05) is 5.57 Å². The quantitative estimate of drug-likeness (QED) is 0.312. The maximum absolute atomic E-state index is 11.8. The number of hydrogen-bond donors (Lipinski definition) is 0. The van der Waals surface area contributed by atoms with Crippen molar-refractivity contribution in [1.82, 2.24) is 0 Å². The van der Waals surface area contributed by atoms with Crippen molar-refractivity contribution in [3.63, 3.8) is 0 Å². The van der Waals surface area contributed by atoms with E-state index in [1.165, 1.54) is 12.7 Å². The van der Waals surface area contributed by atoms with E-state index >= 15 is 0 Å². The minimum absolute atomic E-state index is 0.0364. The highest BCUT2D eigenvalue weighted by atomic mass is 16.6. The first-order valence-electron chi connectivity index (χ1n) is 7.84. The Balaban J connectivity index is 2.21. The third-order valence-corrected chi connectivity index (χ3v) is 3.60. The van der Waals surface area contributed by atoms with Gasteiger partial charge in [-0.2, -0.15) is 0 Å².